The van der Waals surface area contributed by atoms with Crippen LogP contribution >= 0.6 is 0 Å². The molecule has 12 heteroatoms. The van der Waals surface area contributed by atoms with Crippen molar-refractivity contribution in [2.45, 2.75) is 94.8 Å². The molecule has 4 heterocycles. The number of benzene rings is 2. The lowest BCUT2D eigenvalue weighted by Crippen LogP contribution is -2.60. The number of amides is 2. The molecule has 2 aromatic carbocycles. The highest BCUT2D eigenvalue weighted by Crippen LogP contribution is 2.55. The van der Waals surface area contributed by atoms with Crippen LogP contribution in [0.5, 0.6) is 23.0 Å². The fourth-order valence-electron chi connectivity index (χ4n) is 7.33. The van der Waals surface area contributed by atoms with Gasteiger partial charge in [0.25, 0.3) is 5.91 Å². The predicted molar refractivity (Wildman–Crippen MR) is 167 cm³/mol. The SMILES string of the molecule is CN1C(C)(C)CC(Oc2ccc(C(=O)NC3[C@H]4Oc5ccc(Oc6ccnc7c6CCC(=O)N7)cc5[C@@H]34)cc2C(F)(F)F)CC1(C)C. The first-order chi connectivity index (χ1) is 22.1. The smallest absolute Gasteiger partial charge is 0.419 e. The van der Waals surface area contributed by atoms with E-state index in [-0.39, 0.29) is 40.3 Å². The number of carbonyl (C=O) groups excluding carboxylic acids is 2. The summed E-state index contributed by atoms with van der Waals surface area (Å²) in [6, 6.07) is 10.3. The molecule has 7 rings (SSSR count). The molecule has 47 heavy (non-hydrogen) atoms. The van der Waals surface area contributed by atoms with E-state index in [2.05, 4.69) is 48.2 Å². The molecule has 9 nitrogen and oxygen atoms in total. The average molecular weight is 651 g/mol. The molecule has 3 aliphatic heterocycles. The minimum atomic E-state index is -4.71. The molecule has 1 aromatic heterocycles. The van der Waals surface area contributed by atoms with Gasteiger partial charge in [0.05, 0.1) is 17.5 Å². The van der Waals surface area contributed by atoms with E-state index in [1.54, 1.807) is 24.4 Å². The van der Waals surface area contributed by atoms with Crippen LogP contribution in [0.2, 0.25) is 0 Å². The lowest BCUT2D eigenvalue weighted by atomic mass is 9.78. The van der Waals surface area contributed by atoms with Crippen molar-refractivity contribution >= 4 is 17.6 Å². The molecule has 0 radical (unpaired) electrons. The molecule has 1 saturated carbocycles. The van der Waals surface area contributed by atoms with Gasteiger partial charge in [-0.2, -0.15) is 13.2 Å². The largest absolute Gasteiger partial charge is 0.490 e. The maximum Gasteiger partial charge on any atom is 0.419 e. The van der Waals surface area contributed by atoms with E-state index >= 15 is 0 Å². The van der Waals surface area contributed by atoms with Gasteiger partial charge in [0.1, 0.15) is 41.0 Å². The summed E-state index contributed by atoms with van der Waals surface area (Å²) in [7, 11) is 2.02. The Balaban J connectivity index is 1.05. The van der Waals surface area contributed by atoms with Crippen molar-refractivity contribution in [1.29, 1.82) is 0 Å². The lowest BCUT2D eigenvalue weighted by Gasteiger charge is -2.53. The third kappa shape index (κ3) is 5.77. The van der Waals surface area contributed by atoms with Crippen LogP contribution in [0.15, 0.2) is 48.7 Å². The minimum Gasteiger partial charge on any atom is -0.490 e. The second-order valence-corrected chi connectivity index (χ2v) is 14.1. The zero-order chi connectivity index (χ0) is 33.5. The number of nitrogens with zero attached hydrogens (tertiary/aromatic N) is 2. The summed E-state index contributed by atoms with van der Waals surface area (Å²) >= 11 is 0. The number of fused-ring (bicyclic) bond motifs is 4. The van der Waals surface area contributed by atoms with Crippen LogP contribution in [-0.2, 0) is 17.4 Å². The highest BCUT2D eigenvalue weighted by molar-refractivity contribution is 5.95. The van der Waals surface area contributed by atoms with Gasteiger partial charge in [-0.1, -0.05) is 0 Å². The zero-order valence-electron chi connectivity index (χ0n) is 26.8. The summed E-state index contributed by atoms with van der Waals surface area (Å²) < 4.78 is 61.0. The van der Waals surface area contributed by atoms with Crippen molar-refractivity contribution in [2.75, 3.05) is 12.4 Å². The van der Waals surface area contributed by atoms with Crippen molar-refractivity contribution in [3.05, 3.63) is 70.9 Å². The van der Waals surface area contributed by atoms with Gasteiger partial charge in [-0.15, -0.1) is 0 Å². The summed E-state index contributed by atoms with van der Waals surface area (Å²) in [5, 5.41) is 5.62. The van der Waals surface area contributed by atoms with Crippen LogP contribution in [0.25, 0.3) is 0 Å². The molecule has 0 spiro atoms. The number of nitrogens with one attached hydrogen (secondary N) is 2. The molecular formula is C35H37F3N4O5. The Labute approximate surface area is 270 Å². The Kier molecular flexibility index (Phi) is 7.23. The Bertz CT molecular complexity index is 1760. The second-order valence-electron chi connectivity index (χ2n) is 14.1. The number of halogens is 3. The molecule has 3 atom stereocenters. The highest BCUT2D eigenvalue weighted by atomic mass is 19.4. The zero-order valence-corrected chi connectivity index (χ0v) is 26.8. The second kappa shape index (κ2) is 10.9. The summed E-state index contributed by atoms with van der Waals surface area (Å²) in [4.78, 5) is 31.5. The lowest BCUT2D eigenvalue weighted by molar-refractivity contribution is -0.140. The molecule has 1 aliphatic carbocycles. The number of hydrogen-bond donors (Lipinski definition) is 2. The van der Waals surface area contributed by atoms with Gasteiger partial charge in [0.2, 0.25) is 5.91 Å². The van der Waals surface area contributed by atoms with E-state index in [1.807, 2.05) is 13.1 Å². The quantitative estimate of drug-likeness (QED) is 0.316. The Morgan fingerprint density at radius 2 is 1.79 bits per heavy atom. The first kappa shape index (κ1) is 31.3. The van der Waals surface area contributed by atoms with Gasteiger partial charge in [-0.05, 0) is 83.6 Å². The summed E-state index contributed by atoms with van der Waals surface area (Å²) in [5.41, 5.74) is 0.0446. The fourth-order valence-corrected chi connectivity index (χ4v) is 7.33. The Morgan fingerprint density at radius 3 is 2.51 bits per heavy atom. The number of anilines is 1. The van der Waals surface area contributed by atoms with Crippen LogP contribution in [0, 0.1) is 0 Å². The molecule has 4 aliphatic rings. The molecule has 248 valence electrons. The van der Waals surface area contributed by atoms with Crippen molar-refractivity contribution in [1.82, 2.24) is 15.2 Å². The van der Waals surface area contributed by atoms with Crippen LogP contribution in [0.4, 0.5) is 19.0 Å². The number of alkyl halides is 3. The van der Waals surface area contributed by atoms with Crippen molar-refractivity contribution in [3.8, 4) is 23.0 Å². The van der Waals surface area contributed by atoms with E-state index < -0.39 is 29.8 Å². The normalized spacial score (nSPS) is 24.3. The van der Waals surface area contributed by atoms with Crippen molar-refractivity contribution in [3.63, 3.8) is 0 Å². The van der Waals surface area contributed by atoms with E-state index in [4.69, 9.17) is 14.2 Å². The number of aromatic nitrogens is 1. The average Bonchev–Trinajstić information content (AvgIpc) is 3.51. The van der Waals surface area contributed by atoms with Gasteiger partial charge in [0.15, 0.2) is 0 Å². The van der Waals surface area contributed by atoms with Crippen LogP contribution in [-0.4, -0.2) is 58.1 Å². The van der Waals surface area contributed by atoms with Crippen LogP contribution < -0.4 is 24.8 Å². The topological polar surface area (TPSA) is 102 Å². The maximum atomic E-state index is 14.3. The first-order valence-corrected chi connectivity index (χ1v) is 15.8. The fraction of sp³-hybridized carbons (Fsp3) is 0.457. The van der Waals surface area contributed by atoms with Crippen molar-refractivity contribution < 1.29 is 37.0 Å². The molecule has 1 saturated heterocycles. The van der Waals surface area contributed by atoms with E-state index in [0.29, 0.717) is 48.7 Å². The summed E-state index contributed by atoms with van der Waals surface area (Å²) in [5.74, 6) is 1.14. The van der Waals surface area contributed by atoms with Crippen LogP contribution in [0.3, 0.4) is 0 Å². The first-order valence-electron chi connectivity index (χ1n) is 15.8. The molecule has 0 bridgehead atoms. The third-order valence-corrected chi connectivity index (χ3v) is 10.1. The molecule has 3 aromatic rings. The van der Waals surface area contributed by atoms with Gasteiger partial charge >= 0.3 is 6.18 Å². The minimum absolute atomic E-state index is 0.0931. The van der Waals surface area contributed by atoms with Crippen LogP contribution in [0.1, 0.15) is 79.9 Å². The van der Waals surface area contributed by atoms with Crippen molar-refractivity contribution in [2.24, 2.45) is 0 Å². The Hall–Kier alpha value is -4.32. The third-order valence-electron chi connectivity index (χ3n) is 10.1. The number of piperidine rings is 1. The standard InChI is InChI=1S/C35H37F3N4O5/c1-33(2)16-20(17-34(3,4)42(33)5)46-26-9-6-18(14-23(26)35(36,37)38)32(44)41-29-28-22-15-19(7-10-24(22)47-30(28)29)45-25-12-13-39-31-21(25)8-11-27(43)40-31/h6-7,9-10,12-15,20,28-30H,8,11,16-17H2,1-5H3,(H,41,44)(H,39,40,43)/t28-,29?,30-/m0/s1. The van der Waals surface area contributed by atoms with E-state index in [1.165, 1.54) is 12.1 Å². The molecule has 2 N–H and O–H groups in total. The monoisotopic (exact) mass is 650 g/mol. The summed E-state index contributed by atoms with van der Waals surface area (Å²) in [6.45, 7) is 8.23. The van der Waals surface area contributed by atoms with Gasteiger partial charge in [-0.25, -0.2) is 4.98 Å². The van der Waals surface area contributed by atoms with Gasteiger partial charge in [-0.3, -0.25) is 14.5 Å². The predicted octanol–water partition coefficient (Wildman–Crippen LogP) is 6.46. The number of likely N-dealkylation sites (tertiary alicyclic amines) is 1. The summed E-state index contributed by atoms with van der Waals surface area (Å²) in [6.07, 6.45) is -1.91. The molecule has 2 fully saturated rings. The van der Waals surface area contributed by atoms with E-state index in [0.717, 1.165) is 17.2 Å². The number of rotatable bonds is 6. The van der Waals surface area contributed by atoms with Gasteiger partial charge < -0.3 is 24.8 Å². The number of carbonyl (C=O) groups is 2. The molecule has 1 unspecified atom stereocenters. The Morgan fingerprint density at radius 1 is 1.04 bits per heavy atom. The van der Waals surface area contributed by atoms with E-state index in [9.17, 15) is 22.8 Å². The van der Waals surface area contributed by atoms with Gasteiger partial charge in [0, 0.05) is 53.2 Å². The molecule has 2 amide bonds. The number of hydrogen-bond acceptors (Lipinski definition) is 7. The molecular weight excluding hydrogens is 613 g/mol. The maximum absolute atomic E-state index is 14.3. The number of pyridine rings is 1. The number of ether oxygens (including phenoxy) is 3. The highest BCUT2D eigenvalue weighted by Gasteiger charge is 2.60.